The number of likely N-dealkylation sites (tertiary alicyclic amines) is 1. The summed E-state index contributed by atoms with van der Waals surface area (Å²) in [6.45, 7) is 5.14. The fourth-order valence-corrected chi connectivity index (χ4v) is 4.95. The van der Waals surface area contributed by atoms with E-state index in [1.165, 1.54) is 11.8 Å². The predicted octanol–water partition coefficient (Wildman–Crippen LogP) is 2.43. The van der Waals surface area contributed by atoms with Gasteiger partial charge in [0.2, 0.25) is 5.91 Å². The van der Waals surface area contributed by atoms with Crippen LogP contribution in [-0.4, -0.2) is 62.2 Å². The molecule has 2 aromatic rings. The van der Waals surface area contributed by atoms with E-state index in [1.807, 2.05) is 17.7 Å². The minimum atomic E-state index is -0.475. The van der Waals surface area contributed by atoms with Gasteiger partial charge in [0.25, 0.3) is 11.8 Å². The molecule has 9 nitrogen and oxygen atoms in total. The molecule has 4 rings (SSSR count). The van der Waals surface area contributed by atoms with Gasteiger partial charge in [-0.15, -0.1) is 0 Å². The highest BCUT2D eigenvalue weighted by molar-refractivity contribution is 8.15. The van der Waals surface area contributed by atoms with Gasteiger partial charge >= 0.3 is 0 Å². The number of carbonyl (C=O) groups is 3. The van der Waals surface area contributed by atoms with Crippen molar-refractivity contribution in [3.63, 3.8) is 0 Å². The summed E-state index contributed by atoms with van der Waals surface area (Å²) in [6, 6.07) is 6.74. The molecule has 0 spiro atoms. The molecule has 0 saturated carbocycles. The quantitative estimate of drug-likeness (QED) is 0.576. The third-order valence-electron chi connectivity index (χ3n) is 5.69. The van der Waals surface area contributed by atoms with Crippen LogP contribution in [0.1, 0.15) is 41.9 Å². The maximum atomic E-state index is 12.4. The lowest BCUT2D eigenvalue weighted by Crippen LogP contribution is -2.25. The van der Waals surface area contributed by atoms with Crippen LogP contribution in [0, 0.1) is 6.92 Å². The van der Waals surface area contributed by atoms with Crippen LogP contribution in [0.15, 0.2) is 41.7 Å². The number of benzene rings is 1. The van der Waals surface area contributed by atoms with Crippen molar-refractivity contribution in [3.05, 3.63) is 48.0 Å². The van der Waals surface area contributed by atoms with Gasteiger partial charge in [-0.3, -0.25) is 14.4 Å². The van der Waals surface area contributed by atoms with Gasteiger partial charge in [0.1, 0.15) is 11.1 Å². The molecule has 10 heteroatoms. The molecular formula is C23H28N6O3S. The highest BCUT2D eigenvalue weighted by atomic mass is 32.2. The molecule has 3 amide bonds. The average molecular weight is 469 g/mol. The first-order chi connectivity index (χ1) is 16.0. The van der Waals surface area contributed by atoms with E-state index in [9.17, 15) is 14.4 Å². The maximum Gasteiger partial charge on any atom is 0.262 e. The zero-order valence-corrected chi connectivity index (χ0v) is 19.4. The molecule has 1 fully saturated rings. The summed E-state index contributed by atoms with van der Waals surface area (Å²) >= 11 is 1.38. The van der Waals surface area contributed by atoms with Gasteiger partial charge in [-0.05, 0) is 50.5 Å². The monoisotopic (exact) mass is 468 g/mol. The number of aryl methyl sites for hydroxylation is 2. The van der Waals surface area contributed by atoms with Gasteiger partial charge in [0, 0.05) is 56.2 Å². The van der Waals surface area contributed by atoms with E-state index in [-0.39, 0.29) is 24.1 Å². The highest BCUT2D eigenvalue weighted by Crippen LogP contribution is 2.29. The largest absolute Gasteiger partial charge is 0.352 e. The van der Waals surface area contributed by atoms with Crippen molar-refractivity contribution in [2.24, 2.45) is 4.99 Å². The lowest BCUT2D eigenvalue weighted by molar-refractivity contribution is -0.121. The molecule has 1 saturated heterocycles. The summed E-state index contributed by atoms with van der Waals surface area (Å²) in [7, 11) is 0. The molecule has 33 heavy (non-hydrogen) atoms. The zero-order valence-electron chi connectivity index (χ0n) is 18.6. The van der Waals surface area contributed by atoms with Crippen molar-refractivity contribution in [1.29, 1.82) is 0 Å². The number of thioether (sulfide) groups is 1. The summed E-state index contributed by atoms with van der Waals surface area (Å²) < 4.78 is 2.04. The Kier molecular flexibility index (Phi) is 7.43. The number of imidazole rings is 1. The van der Waals surface area contributed by atoms with Crippen LogP contribution in [0.5, 0.6) is 0 Å². The second-order valence-corrected chi connectivity index (χ2v) is 9.31. The fraction of sp³-hybridized carbons (Fsp3) is 0.435. The average Bonchev–Trinajstić information content (AvgIpc) is 3.54. The van der Waals surface area contributed by atoms with Crippen LogP contribution in [0.4, 0.5) is 5.69 Å². The number of anilines is 1. The third-order valence-corrected chi connectivity index (χ3v) is 6.91. The van der Waals surface area contributed by atoms with Crippen molar-refractivity contribution < 1.29 is 14.4 Å². The van der Waals surface area contributed by atoms with Crippen LogP contribution in [-0.2, 0) is 16.1 Å². The summed E-state index contributed by atoms with van der Waals surface area (Å²) in [6.07, 6.45) is 6.78. The topological polar surface area (TPSA) is 109 Å². The number of aromatic nitrogens is 2. The van der Waals surface area contributed by atoms with Crippen molar-refractivity contribution >= 4 is 40.3 Å². The molecule has 0 bridgehead atoms. The van der Waals surface area contributed by atoms with E-state index < -0.39 is 5.25 Å². The highest BCUT2D eigenvalue weighted by Gasteiger charge is 2.33. The molecule has 1 atom stereocenters. The van der Waals surface area contributed by atoms with Gasteiger partial charge in [-0.25, -0.2) is 4.98 Å². The summed E-state index contributed by atoms with van der Waals surface area (Å²) in [4.78, 5) is 47.4. The normalized spacial score (nSPS) is 17.8. The van der Waals surface area contributed by atoms with E-state index in [0.717, 1.165) is 49.9 Å². The van der Waals surface area contributed by atoms with E-state index in [0.29, 0.717) is 17.8 Å². The lowest BCUT2D eigenvalue weighted by atomic mass is 10.2. The zero-order chi connectivity index (χ0) is 23.2. The molecular weight excluding hydrogens is 440 g/mol. The van der Waals surface area contributed by atoms with Crippen LogP contribution < -0.4 is 10.6 Å². The van der Waals surface area contributed by atoms with Gasteiger partial charge in [-0.1, -0.05) is 11.8 Å². The summed E-state index contributed by atoms with van der Waals surface area (Å²) in [5, 5.41) is 5.97. The Balaban J connectivity index is 1.19. The van der Waals surface area contributed by atoms with Gasteiger partial charge in [-0.2, -0.15) is 4.99 Å². The molecule has 1 aromatic heterocycles. The van der Waals surface area contributed by atoms with Crippen LogP contribution in [0.2, 0.25) is 0 Å². The fourth-order valence-electron chi connectivity index (χ4n) is 3.83. The third kappa shape index (κ3) is 6.01. The van der Waals surface area contributed by atoms with E-state index in [4.69, 9.17) is 0 Å². The number of hydrogen-bond donors (Lipinski definition) is 2. The standard InChI is InChI=1S/C23H28N6O3S/c1-16-24-10-14-28(16)13-4-9-25-21(31)17-5-7-18(8-6-17)26-20(30)15-19-22(32)27-23(33-19)29-11-2-3-12-29/h5-8,10,14,19H,2-4,9,11-13,15H2,1H3,(H,25,31)(H,26,30). The molecule has 0 radical (unpaired) electrons. The minimum Gasteiger partial charge on any atom is -0.352 e. The Labute approximate surface area is 197 Å². The second-order valence-electron chi connectivity index (χ2n) is 8.14. The smallest absolute Gasteiger partial charge is 0.262 e. The van der Waals surface area contributed by atoms with Gasteiger partial charge in [0.05, 0.1) is 0 Å². The lowest BCUT2D eigenvalue weighted by Gasteiger charge is -2.16. The first-order valence-electron chi connectivity index (χ1n) is 11.2. The van der Waals surface area contributed by atoms with Crippen molar-refractivity contribution in [1.82, 2.24) is 19.8 Å². The number of rotatable bonds is 8. The molecule has 1 unspecified atom stereocenters. The number of amides is 3. The Morgan fingerprint density at radius 1 is 1.18 bits per heavy atom. The second kappa shape index (κ2) is 10.7. The number of nitrogens with zero attached hydrogens (tertiary/aromatic N) is 4. The van der Waals surface area contributed by atoms with E-state index in [1.54, 1.807) is 30.5 Å². The molecule has 174 valence electrons. The Bertz CT molecular complexity index is 1040. The van der Waals surface area contributed by atoms with Crippen LogP contribution in [0.3, 0.4) is 0 Å². The molecule has 2 aliphatic rings. The number of carbonyl (C=O) groups excluding carboxylic acids is 3. The van der Waals surface area contributed by atoms with Crippen LogP contribution >= 0.6 is 11.8 Å². The first kappa shape index (κ1) is 23.0. The van der Waals surface area contributed by atoms with Crippen molar-refractivity contribution in [2.45, 2.75) is 44.4 Å². The van der Waals surface area contributed by atoms with Crippen molar-refractivity contribution in [2.75, 3.05) is 25.0 Å². The Hall–Kier alpha value is -3.14. The first-order valence-corrected chi connectivity index (χ1v) is 12.1. The van der Waals surface area contributed by atoms with Crippen LogP contribution in [0.25, 0.3) is 0 Å². The predicted molar refractivity (Wildman–Crippen MR) is 128 cm³/mol. The number of nitrogens with one attached hydrogen (secondary N) is 2. The van der Waals surface area contributed by atoms with Gasteiger partial charge < -0.3 is 20.1 Å². The number of hydrogen-bond acceptors (Lipinski definition) is 6. The SMILES string of the molecule is Cc1nccn1CCCNC(=O)c1ccc(NC(=O)CC2SC(N3CCCC3)=NC2=O)cc1. The number of aliphatic imine (C=N–C) groups is 1. The van der Waals surface area contributed by atoms with E-state index in [2.05, 4.69) is 25.5 Å². The van der Waals surface area contributed by atoms with Gasteiger partial charge in [0.15, 0.2) is 5.17 Å². The van der Waals surface area contributed by atoms with Crippen molar-refractivity contribution in [3.8, 4) is 0 Å². The molecule has 2 aliphatic heterocycles. The molecule has 0 aliphatic carbocycles. The molecule has 2 N–H and O–H groups in total. The Morgan fingerprint density at radius 2 is 1.94 bits per heavy atom. The molecule has 3 heterocycles. The summed E-state index contributed by atoms with van der Waals surface area (Å²) in [5.41, 5.74) is 1.11. The molecule has 1 aromatic carbocycles. The number of amidine groups is 1. The van der Waals surface area contributed by atoms with E-state index >= 15 is 0 Å². The summed E-state index contributed by atoms with van der Waals surface area (Å²) in [5.74, 6) is 0.308. The maximum absolute atomic E-state index is 12.4. The Morgan fingerprint density at radius 3 is 2.64 bits per heavy atom. The minimum absolute atomic E-state index is 0.0724.